The molecule has 0 atom stereocenters. The van der Waals surface area contributed by atoms with Gasteiger partial charge in [0.2, 0.25) is 11.8 Å². The van der Waals surface area contributed by atoms with Gasteiger partial charge in [0.15, 0.2) is 0 Å². The Bertz CT molecular complexity index is 528. The largest absolute Gasteiger partial charge is 0.478 e. The highest BCUT2D eigenvalue weighted by Crippen LogP contribution is 2.10. The van der Waals surface area contributed by atoms with Gasteiger partial charge in [-0.3, -0.25) is 9.59 Å². The molecule has 0 fully saturated rings. The fraction of sp³-hybridized carbons (Fsp3) is 0.400. The normalized spacial score (nSPS) is 10.0. The van der Waals surface area contributed by atoms with Crippen LogP contribution in [0, 0.1) is 0 Å². The van der Waals surface area contributed by atoms with E-state index in [4.69, 9.17) is 5.11 Å². The van der Waals surface area contributed by atoms with Crippen LogP contribution in [-0.4, -0.2) is 47.9 Å². The molecule has 0 radical (unpaired) electrons. The zero-order chi connectivity index (χ0) is 15.8. The third kappa shape index (κ3) is 5.64. The number of hydrogen-bond acceptors (Lipinski definition) is 3. The Balaban J connectivity index is 2.49. The molecule has 0 aliphatic carbocycles. The van der Waals surface area contributed by atoms with Crippen molar-refractivity contribution in [3.8, 4) is 0 Å². The van der Waals surface area contributed by atoms with Crippen LogP contribution < -0.4 is 5.32 Å². The van der Waals surface area contributed by atoms with Gasteiger partial charge in [0.1, 0.15) is 0 Å². The number of benzene rings is 1. The first kappa shape index (κ1) is 16.7. The Morgan fingerprint density at radius 1 is 1.24 bits per heavy atom. The highest BCUT2D eigenvalue weighted by Gasteiger charge is 2.12. The SMILES string of the molecule is CC(=O)NCCC(=O)N(C)CCc1ccccc1C(=O)O. The van der Waals surface area contributed by atoms with E-state index in [1.165, 1.54) is 6.92 Å². The van der Waals surface area contributed by atoms with Gasteiger partial charge in [-0.05, 0) is 18.1 Å². The minimum absolute atomic E-state index is 0.0865. The van der Waals surface area contributed by atoms with E-state index in [-0.39, 0.29) is 23.8 Å². The maximum Gasteiger partial charge on any atom is 0.335 e. The molecule has 21 heavy (non-hydrogen) atoms. The summed E-state index contributed by atoms with van der Waals surface area (Å²) in [6.45, 7) is 2.14. The smallest absolute Gasteiger partial charge is 0.335 e. The molecule has 0 aliphatic rings. The van der Waals surface area contributed by atoms with E-state index in [1.807, 2.05) is 0 Å². The lowest BCUT2D eigenvalue weighted by molar-refractivity contribution is -0.129. The van der Waals surface area contributed by atoms with Gasteiger partial charge in [0, 0.05) is 33.5 Å². The van der Waals surface area contributed by atoms with Crippen molar-refractivity contribution in [2.45, 2.75) is 19.8 Å². The predicted molar refractivity (Wildman–Crippen MR) is 78.0 cm³/mol. The summed E-state index contributed by atoms with van der Waals surface area (Å²) in [6, 6.07) is 6.75. The van der Waals surface area contributed by atoms with Gasteiger partial charge in [0.05, 0.1) is 5.56 Å². The van der Waals surface area contributed by atoms with E-state index in [0.717, 1.165) is 0 Å². The van der Waals surface area contributed by atoms with Crippen molar-refractivity contribution in [1.29, 1.82) is 0 Å². The van der Waals surface area contributed by atoms with Crippen molar-refractivity contribution >= 4 is 17.8 Å². The molecule has 1 aromatic carbocycles. The van der Waals surface area contributed by atoms with Gasteiger partial charge in [-0.1, -0.05) is 18.2 Å². The summed E-state index contributed by atoms with van der Waals surface area (Å²) in [5, 5.41) is 11.7. The number of aromatic carboxylic acids is 1. The average molecular weight is 292 g/mol. The first-order valence-electron chi connectivity index (χ1n) is 6.71. The second kappa shape index (κ2) is 8.04. The van der Waals surface area contributed by atoms with Gasteiger partial charge in [0.25, 0.3) is 0 Å². The van der Waals surface area contributed by atoms with Gasteiger partial charge in [-0.2, -0.15) is 0 Å². The number of nitrogens with zero attached hydrogens (tertiary/aromatic N) is 1. The van der Waals surface area contributed by atoms with Crippen LogP contribution in [0.4, 0.5) is 0 Å². The molecular weight excluding hydrogens is 272 g/mol. The van der Waals surface area contributed by atoms with Crippen LogP contribution in [0.5, 0.6) is 0 Å². The molecule has 2 N–H and O–H groups in total. The first-order chi connectivity index (χ1) is 9.91. The molecule has 2 amide bonds. The lowest BCUT2D eigenvalue weighted by atomic mass is 10.0. The third-order valence-corrected chi connectivity index (χ3v) is 3.10. The van der Waals surface area contributed by atoms with Crippen LogP contribution in [0.25, 0.3) is 0 Å². The summed E-state index contributed by atoms with van der Waals surface area (Å²) in [5.74, 6) is -1.22. The standard InChI is InChI=1S/C15H20N2O4/c1-11(18)16-9-7-14(19)17(2)10-8-12-5-3-4-6-13(12)15(20)21/h3-6H,7-10H2,1-2H3,(H,16,18)(H,20,21). The lowest BCUT2D eigenvalue weighted by Crippen LogP contribution is -2.32. The fourth-order valence-corrected chi connectivity index (χ4v) is 1.90. The molecule has 6 heteroatoms. The Morgan fingerprint density at radius 2 is 1.90 bits per heavy atom. The summed E-state index contributed by atoms with van der Waals surface area (Å²) in [4.78, 5) is 35.2. The fourth-order valence-electron chi connectivity index (χ4n) is 1.90. The number of amides is 2. The molecular formula is C15H20N2O4. The maximum absolute atomic E-state index is 11.8. The van der Waals surface area contributed by atoms with Crippen LogP contribution in [0.1, 0.15) is 29.3 Å². The van der Waals surface area contributed by atoms with E-state index >= 15 is 0 Å². The molecule has 1 rings (SSSR count). The second-order valence-corrected chi connectivity index (χ2v) is 4.76. The van der Waals surface area contributed by atoms with E-state index in [1.54, 1.807) is 36.2 Å². The number of hydrogen-bond donors (Lipinski definition) is 2. The number of nitrogens with one attached hydrogen (secondary N) is 1. The van der Waals surface area contributed by atoms with Crippen LogP contribution >= 0.6 is 0 Å². The minimum Gasteiger partial charge on any atom is -0.478 e. The molecule has 0 aromatic heterocycles. The number of carbonyl (C=O) groups excluding carboxylic acids is 2. The molecule has 0 saturated heterocycles. The van der Waals surface area contributed by atoms with Crippen molar-refractivity contribution < 1.29 is 19.5 Å². The van der Waals surface area contributed by atoms with Crippen LogP contribution in [0.3, 0.4) is 0 Å². The Kier molecular flexibility index (Phi) is 6.39. The van der Waals surface area contributed by atoms with Crippen LogP contribution in [0.2, 0.25) is 0 Å². The highest BCUT2D eigenvalue weighted by molar-refractivity contribution is 5.89. The zero-order valence-corrected chi connectivity index (χ0v) is 12.3. The molecule has 0 bridgehead atoms. The van der Waals surface area contributed by atoms with Crippen molar-refractivity contribution in [2.24, 2.45) is 0 Å². The summed E-state index contributed by atoms with van der Waals surface area (Å²) < 4.78 is 0. The van der Waals surface area contributed by atoms with Gasteiger partial charge in [-0.15, -0.1) is 0 Å². The number of likely N-dealkylation sites (N-methyl/N-ethyl adjacent to an activating group) is 1. The number of carboxylic acid groups (broad SMARTS) is 1. The highest BCUT2D eigenvalue weighted by atomic mass is 16.4. The Hall–Kier alpha value is -2.37. The molecule has 0 unspecified atom stereocenters. The Morgan fingerprint density at radius 3 is 2.52 bits per heavy atom. The molecule has 0 spiro atoms. The summed E-state index contributed by atoms with van der Waals surface area (Å²) in [7, 11) is 1.67. The van der Waals surface area contributed by atoms with Crippen LogP contribution in [0.15, 0.2) is 24.3 Å². The van der Waals surface area contributed by atoms with E-state index in [2.05, 4.69) is 5.32 Å². The third-order valence-electron chi connectivity index (χ3n) is 3.10. The summed E-state index contributed by atoms with van der Waals surface area (Å²) in [5.41, 5.74) is 0.961. The predicted octanol–water partition coefficient (Wildman–Crippen LogP) is 0.912. The number of carboxylic acids is 1. The molecule has 1 aromatic rings. The second-order valence-electron chi connectivity index (χ2n) is 4.76. The lowest BCUT2D eigenvalue weighted by Gasteiger charge is -2.17. The monoisotopic (exact) mass is 292 g/mol. The van der Waals surface area contributed by atoms with Crippen molar-refractivity contribution in [3.05, 3.63) is 35.4 Å². The van der Waals surface area contributed by atoms with Crippen molar-refractivity contribution in [2.75, 3.05) is 20.1 Å². The summed E-state index contributed by atoms with van der Waals surface area (Å²) in [6.07, 6.45) is 0.710. The first-order valence-corrected chi connectivity index (χ1v) is 6.71. The number of carbonyl (C=O) groups is 3. The molecule has 0 aliphatic heterocycles. The van der Waals surface area contributed by atoms with E-state index in [0.29, 0.717) is 25.1 Å². The Labute approximate surface area is 123 Å². The molecule has 0 heterocycles. The van der Waals surface area contributed by atoms with E-state index < -0.39 is 5.97 Å². The minimum atomic E-state index is -0.967. The van der Waals surface area contributed by atoms with Gasteiger partial charge < -0.3 is 15.3 Å². The van der Waals surface area contributed by atoms with E-state index in [9.17, 15) is 14.4 Å². The molecule has 114 valence electrons. The summed E-state index contributed by atoms with van der Waals surface area (Å²) >= 11 is 0. The quantitative estimate of drug-likeness (QED) is 0.782. The maximum atomic E-state index is 11.8. The van der Waals surface area contributed by atoms with Gasteiger partial charge >= 0.3 is 5.97 Å². The number of rotatable bonds is 7. The molecule has 0 saturated carbocycles. The van der Waals surface area contributed by atoms with Gasteiger partial charge in [-0.25, -0.2) is 4.79 Å². The zero-order valence-electron chi connectivity index (χ0n) is 12.3. The van der Waals surface area contributed by atoms with Crippen molar-refractivity contribution in [3.63, 3.8) is 0 Å². The molecule has 6 nitrogen and oxygen atoms in total. The topological polar surface area (TPSA) is 86.7 Å². The van der Waals surface area contributed by atoms with Crippen LogP contribution in [-0.2, 0) is 16.0 Å². The average Bonchev–Trinajstić information content (AvgIpc) is 2.44. The van der Waals surface area contributed by atoms with Crippen molar-refractivity contribution in [1.82, 2.24) is 10.2 Å².